The molecule has 0 unspecified atom stereocenters. The third-order valence-electron chi connectivity index (χ3n) is 5.63. The number of piperidine rings is 1. The molecule has 0 aromatic heterocycles. The van der Waals surface area contributed by atoms with Gasteiger partial charge in [0.1, 0.15) is 5.41 Å². The van der Waals surface area contributed by atoms with Gasteiger partial charge in [0.2, 0.25) is 0 Å². The van der Waals surface area contributed by atoms with Gasteiger partial charge >= 0.3 is 5.97 Å². The number of methoxy groups -OCH3 is 1. The Hall–Kier alpha value is -0.690. The summed E-state index contributed by atoms with van der Waals surface area (Å²) in [6.45, 7) is 10.5. The van der Waals surface area contributed by atoms with Crippen molar-refractivity contribution in [3.63, 3.8) is 0 Å². The van der Waals surface area contributed by atoms with Gasteiger partial charge in [-0.3, -0.25) is 4.79 Å². The molecule has 6 nitrogen and oxygen atoms in total. The first-order valence-corrected chi connectivity index (χ1v) is 8.44. The highest BCUT2D eigenvalue weighted by Gasteiger charge is 2.59. The predicted molar refractivity (Wildman–Crippen MR) is 85.0 cm³/mol. The van der Waals surface area contributed by atoms with Crippen LogP contribution in [-0.2, 0) is 19.0 Å². The van der Waals surface area contributed by atoms with Crippen molar-refractivity contribution in [3.05, 3.63) is 0 Å². The van der Waals surface area contributed by atoms with E-state index in [0.29, 0.717) is 12.8 Å². The Bertz CT molecular complexity index is 450. The highest BCUT2D eigenvalue weighted by molar-refractivity contribution is 5.76. The number of hydroxylamine groups is 2. The summed E-state index contributed by atoms with van der Waals surface area (Å²) in [6.07, 6.45) is 2.73. The van der Waals surface area contributed by atoms with Crippen LogP contribution in [0.1, 0.15) is 60.3 Å². The molecule has 6 heteroatoms. The minimum atomic E-state index is -0.776. The Morgan fingerprint density at radius 2 is 1.65 bits per heavy atom. The standard InChI is InChI=1S/C17H31NO5/c1-7-16(8-2)10-17(9-14(3,4)18(16)20)22-11-15(5,12-23-17)13(19)21-6/h20H,7-12H2,1-6H3. The molecule has 0 bridgehead atoms. The molecule has 23 heavy (non-hydrogen) atoms. The van der Waals surface area contributed by atoms with Crippen molar-refractivity contribution in [2.45, 2.75) is 77.2 Å². The van der Waals surface area contributed by atoms with Gasteiger partial charge in [-0.2, -0.15) is 5.06 Å². The molecule has 2 fully saturated rings. The molecule has 0 radical (unpaired) electrons. The fraction of sp³-hybridized carbons (Fsp3) is 0.941. The van der Waals surface area contributed by atoms with Gasteiger partial charge in [-0.05, 0) is 33.6 Å². The summed E-state index contributed by atoms with van der Waals surface area (Å²) < 4.78 is 17.1. The van der Waals surface area contributed by atoms with Crippen molar-refractivity contribution >= 4 is 5.97 Å². The molecule has 0 amide bonds. The Labute approximate surface area is 139 Å². The fourth-order valence-electron chi connectivity index (χ4n) is 4.05. The molecule has 2 saturated heterocycles. The van der Waals surface area contributed by atoms with Crippen LogP contribution in [-0.4, -0.2) is 53.4 Å². The smallest absolute Gasteiger partial charge is 0.316 e. The first kappa shape index (κ1) is 18.6. The van der Waals surface area contributed by atoms with Gasteiger partial charge in [-0.25, -0.2) is 0 Å². The van der Waals surface area contributed by atoms with Gasteiger partial charge in [-0.1, -0.05) is 13.8 Å². The third kappa shape index (κ3) is 3.02. The minimum absolute atomic E-state index is 0.269. The minimum Gasteiger partial charge on any atom is -0.468 e. The zero-order valence-corrected chi connectivity index (χ0v) is 15.3. The number of ether oxygens (including phenoxy) is 3. The topological polar surface area (TPSA) is 68.2 Å². The molecule has 2 aliphatic heterocycles. The molecule has 0 aliphatic carbocycles. The van der Waals surface area contributed by atoms with Gasteiger partial charge in [0.15, 0.2) is 5.79 Å². The zero-order valence-electron chi connectivity index (χ0n) is 15.3. The van der Waals surface area contributed by atoms with Gasteiger partial charge in [0.25, 0.3) is 0 Å². The molecular weight excluding hydrogens is 298 g/mol. The van der Waals surface area contributed by atoms with E-state index in [4.69, 9.17) is 14.2 Å². The van der Waals surface area contributed by atoms with Gasteiger partial charge in [-0.15, -0.1) is 0 Å². The van der Waals surface area contributed by atoms with E-state index < -0.39 is 16.7 Å². The first-order chi connectivity index (χ1) is 10.6. The second-order valence-corrected chi connectivity index (χ2v) is 7.95. The Morgan fingerprint density at radius 1 is 1.13 bits per heavy atom. The van der Waals surface area contributed by atoms with Crippen molar-refractivity contribution < 1.29 is 24.2 Å². The molecule has 1 spiro atoms. The quantitative estimate of drug-likeness (QED) is 0.803. The normalized spacial score (nSPS) is 36.8. The summed E-state index contributed by atoms with van der Waals surface area (Å²) in [5.74, 6) is -1.08. The average molecular weight is 329 g/mol. The SMILES string of the molecule is CCC1(CC)CC2(CC(C)(C)N1O)OCC(C)(C(=O)OC)CO2. The maximum atomic E-state index is 11.9. The van der Waals surface area contributed by atoms with E-state index in [2.05, 4.69) is 13.8 Å². The van der Waals surface area contributed by atoms with Gasteiger partial charge < -0.3 is 19.4 Å². The maximum absolute atomic E-state index is 11.9. The molecule has 0 aromatic carbocycles. The van der Waals surface area contributed by atoms with Crippen LogP contribution in [0, 0.1) is 5.41 Å². The summed E-state index contributed by atoms with van der Waals surface area (Å²) >= 11 is 0. The van der Waals surface area contributed by atoms with E-state index >= 15 is 0 Å². The lowest BCUT2D eigenvalue weighted by molar-refractivity contribution is -0.374. The summed E-state index contributed by atoms with van der Waals surface area (Å²) in [5.41, 5.74) is -1.63. The van der Waals surface area contributed by atoms with Crippen molar-refractivity contribution in [2.24, 2.45) is 5.41 Å². The molecular formula is C17H31NO5. The van der Waals surface area contributed by atoms with E-state index in [0.717, 1.165) is 12.8 Å². The molecule has 2 heterocycles. The Kier molecular flexibility index (Phi) is 4.86. The molecule has 2 rings (SSSR count). The lowest BCUT2D eigenvalue weighted by Crippen LogP contribution is -2.69. The van der Waals surface area contributed by atoms with Crippen LogP contribution in [0.2, 0.25) is 0 Å². The highest BCUT2D eigenvalue weighted by Crippen LogP contribution is 2.50. The number of hydrogen-bond acceptors (Lipinski definition) is 6. The number of hydrogen-bond donors (Lipinski definition) is 1. The van der Waals surface area contributed by atoms with Crippen molar-refractivity contribution in [3.8, 4) is 0 Å². The molecule has 0 atom stereocenters. The summed E-state index contributed by atoms with van der Waals surface area (Å²) in [6, 6.07) is 0. The van der Waals surface area contributed by atoms with Crippen LogP contribution in [0.25, 0.3) is 0 Å². The van der Waals surface area contributed by atoms with Crippen LogP contribution < -0.4 is 0 Å². The van der Waals surface area contributed by atoms with E-state index in [1.54, 1.807) is 6.92 Å². The van der Waals surface area contributed by atoms with Crippen LogP contribution in [0.3, 0.4) is 0 Å². The molecule has 0 aromatic rings. The van der Waals surface area contributed by atoms with Crippen LogP contribution in [0.15, 0.2) is 0 Å². The van der Waals surface area contributed by atoms with Crippen molar-refractivity contribution in [2.75, 3.05) is 20.3 Å². The highest BCUT2D eigenvalue weighted by atomic mass is 16.7. The van der Waals surface area contributed by atoms with Crippen LogP contribution in [0.4, 0.5) is 0 Å². The summed E-state index contributed by atoms with van der Waals surface area (Å²) in [7, 11) is 1.38. The maximum Gasteiger partial charge on any atom is 0.316 e. The number of esters is 1. The van der Waals surface area contributed by atoms with Gasteiger partial charge in [0, 0.05) is 18.4 Å². The number of rotatable bonds is 3. The number of carbonyl (C=O) groups excluding carboxylic acids is 1. The lowest BCUT2D eigenvalue weighted by atomic mass is 9.72. The lowest BCUT2D eigenvalue weighted by Gasteiger charge is -2.59. The number of carbonyl (C=O) groups is 1. The van der Waals surface area contributed by atoms with E-state index in [1.807, 2.05) is 13.8 Å². The average Bonchev–Trinajstić information content (AvgIpc) is 2.53. The van der Waals surface area contributed by atoms with Crippen molar-refractivity contribution in [1.82, 2.24) is 5.06 Å². The first-order valence-electron chi connectivity index (χ1n) is 8.44. The van der Waals surface area contributed by atoms with Crippen LogP contribution in [0.5, 0.6) is 0 Å². The largest absolute Gasteiger partial charge is 0.468 e. The Morgan fingerprint density at radius 3 is 2.09 bits per heavy atom. The summed E-state index contributed by atoms with van der Waals surface area (Å²) in [5, 5.41) is 12.2. The molecule has 0 saturated carbocycles. The van der Waals surface area contributed by atoms with E-state index in [-0.39, 0.29) is 24.7 Å². The number of nitrogens with zero attached hydrogens (tertiary/aromatic N) is 1. The second kappa shape index (κ2) is 5.99. The monoisotopic (exact) mass is 329 g/mol. The Balaban J connectivity index is 2.25. The predicted octanol–water partition coefficient (Wildman–Crippen LogP) is 2.73. The molecule has 1 N–H and O–H groups in total. The molecule has 2 aliphatic rings. The van der Waals surface area contributed by atoms with Crippen LogP contribution >= 0.6 is 0 Å². The summed E-state index contributed by atoms with van der Waals surface area (Å²) in [4.78, 5) is 11.9. The van der Waals surface area contributed by atoms with Gasteiger partial charge in [0.05, 0.1) is 25.9 Å². The van der Waals surface area contributed by atoms with E-state index in [1.165, 1.54) is 12.2 Å². The second-order valence-electron chi connectivity index (χ2n) is 7.95. The van der Waals surface area contributed by atoms with E-state index in [9.17, 15) is 10.0 Å². The third-order valence-corrected chi connectivity index (χ3v) is 5.63. The molecule has 134 valence electrons. The van der Waals surface area contributed by atoms with Crippen molar-refractivity contribution in [1.29, 1.82) is 0 Å². The zero-order chi connectivity index (χ0) is 17.5. The fourth-order valence-corrected chi connectivity index (χ4v) is 4.05.